The Bertz CT molecular complexity index is 801. The van der Waals surface area contributed by atoms with Crippen molar-refractivity contribution in [3.63, 3.8) is 0 Å². The van der Waals surface area contributed by atoms with Gasteiger partial charge in [0.2, 0.25) is 0 Å². The normalized spacial score (nSPS) is 15.5. The molecular formula is C15H11Br2NO7S. The van der Waals surface area contributed by atoms with Crippen molar-refractivity contribution in [2.75, 3.05) is 20.3 Å². The first-order chi connectivity index (χ1) is 12.2. The maximum Gasteiger partial charge on any atom is 0.343 e. The number of carboxylic acid groups (broad SMARTS) is 1. The van der Waals surface area contributed by atoms with E-state index in [2.05, 4.69) is 36.6 Å². The summed E-state index contributed by atoms with van der Waals surface area (Å²) in [7, 11) is 1.25. The molecule has 1 heterocycles. The Morgan fingerprint density at radius 3 is 2.42 bits per heavy atom. The van der Waals surface area contributed by atoms with Crippen LogP contribution >= 0.6 is 43.6 Å². The summed E-state index contributed by atoms with van der Waals surface area (Å²) in [5.74, 6) is -2.11. The largest absolute Gasteiger partial charge is 0.480 e. The van der Waals surface area contributed by atoms with Gasteiger partial charge >= 0.3 is 11.9 Å². The zero-order valence-corrected chi connectivity index (χ0v) is 17.1. The lowest BCUT2D eigenvalue weighted by Gasteiger charge is -2.10. The number of halogens is 2. The fourth-order valence-electron chi connectivity index (χ4n) is 1.91. The number of nitrogens with zero attached hydrogens (tertiary/aromatic N) is 1. The number of hydrogen-bond acceptors (Lipinski definition) is 7. The summed E-state index contributed by atoms with van der Waals surface area (Å²) in [6.07, 6.45) is 1.46. The quantitative estimate of drug-likeness (QED) is 0.461. The van der Waals surface area contributed by atoms with Gasteiger partial charge in [-0.05, 0) is 67.4 Å². The second kappa shape index (κ2) is 8.69. The molecule has 11 heteroatoms. The number of imide groups is 1. The van der Waals surface area contributed by atoms with Crippen LogP contribution in [0.1, 0.15) is 5.56 Å². The average molecular weight is 509 g/mol. The number of amides is 2. The Labute approximate surface area is 168 Å². The molecular weight excluding hydrogens is 498 g/mol. The number of hydrogen-bond donors (Lipinski definition) is 1. The van der Waals surface area contributed by atoms with Crippen LogP contribution in [0.3, 0.4) is 0 Å². The minimum atomic E-state index is -1.27. The summed E-state index contributed by atoms with van der Waals surface area (Å²) >= 11 is 7.28. The van der Waals surface area contributed by atoms with Crippen LogP contribution in [0, 0.1) is 0 Å². The van der Waals surface area contributed by atoms with E-state index in [1.807, 2.05) is 0 Å². The monoisotopic (exact) mass is 507 g/mol. The predicted molar refractivity (Wildman–Crippen MR) is 99.7 cm³/mol. The van der Waals surface area contributed by atoms with Crippen molar-refractivity contribution < 1.29 is 33.8 Å². The van der Waals surface area contributed by atoms with Gasteiger partial charge in [-0.3, -0.25) is 19.3 Å². The van der Waals surface area contributed by atoms with Gasteiger partial charge in [-0.15, -0.1) is 0 Å². The van der Waals surface area contributed by atoms with Gasteiger partial charge in [0.1, 0.15) is 12.3 Å². The minimum absolute atomic E-state index is 0.110. The van der Waals surface area contributed by atoms with E-state index in [9.17, 15) is 19.2 Å². The van der Waals surface area contributed by atoms with Gasteiger partial charge in [-0.2, -0.15) is 0 Å². The van der Waals surface area contributed by atoms with Gasteiger partial charge in [-0.25, -0.2) is 4.79 Å². The third-order valence-electron chi connectivity index (χ3n) is 3.05. The zero-order chi connectivity index (χ0) is 19.4. The lowest BCUT2D eigenvalue weighted by Crippen LogP contribution is -2.33. The first kappa shape index (κ1) is 20.5. The van der Waals surface area contributed by atoms with E-state index in [-0.39, 0.29) is 11.5 Å². The van der Waals surface area contributed by atoms with Crippen molar-refractivity contribution in [2.45, 2.75) is 0 Å². The van der Waals surface area contributed by atoms with E-state index in [1.54, 1.807) is 12.1 Å². The van der Waals surface area contributed by atoms with E-state index in [1.165, 1.54) is 13.2 Å². The molecule has 1 aliphatic heterocycles. The van der Waals surface area contributed by atoms with Gasteiger partial charge in [-0.1, -0.05) is 0 Å². The fraction of sp³-hybridized carbons (Fsp3) is 0.200. The van der Waals surface area contributed by atoms with Crippen LogP contribution in [0.25, 0.3) is 6.08 Å². The highest BCUT2D eigenvalue weighted by Crippen LogP contribution is 2.37. The van der Waals surface area contributed by atoms with E-state index in [0.717, 1.165) is 0 Å². The number of carbonyl (C=O) groups excluding carboxylic acids is 3. The molecule has 0 saturated carbocycles. The van der Waals surface area contributed by atoms with Crippen molar-refractivity contribution in [1.29, 1.82) is 0 Å². The number of carbonyl (C=O) groups is 4. The molecule has 0 atom stereocenters. The van der Waals surface area contributed by atoms with E-state index in [0.29, 0.717) is 36.9 Å². The smallest absolute Gasteiger partial charge is 0.343 e. The fourth-order valence-corrected chi connectivity index (χ4v) is 4.20. The Balaban J connectivity index is 2.23. The molecule has 0 bridgehead atoms. The molecule has 1 aliphatic rings. The Morgan fingerprint density at radius 1 is 1.27 bits per heavy atom. The van der Waals surface area contributed by atoms with Gasteiger partial charge in [0.05, 0.1) is 21.0 Å². The number of aliphatic carboxylic acids is 1. The first-order valence-electron chi connectivity index (χ1n) is 6.88. The molecule has 1 fully saturated rings. The summed E-state index contributed by atoms with van der Waals surface area (Å²) < 4.78 is 10.9. The van der Waals surface area contributed by atoms with Crippen LogP contribution in [0.4, 0.5) is 4.79 Å². The topological polar surface area (TPSA) is 110 Å². The third kappa shape index (κ3) is 4.86. The number of carboxylic acids is 1. The van der Waals surface area contributed by atoms with Gasteiger partial charge in [0.15, 0.2) is 6.61 Å². The number of thioether (sulfide) groups is 1. The predicted octanol–water partition coefficient (Wildman–Crippen LogP) is 2.88. The molecule has 1 aromatic rings. The molecule has 1 aromatic carbocycles. The molecule has 1 saturated heterocycles. The summed E-state index contributed by atoms with van der Waals surface area (Å²) in [5.41, 5.74) is 0.565. The summed E-state index contributed by atoms with van der Waals surface area (Å²) in [6.45, 7) is -0.961. The van der Waals surface area contributed by atoms with Gasteiger partial charge in [0.25, 0.3) is 11.1 Å². The molecule has 0 spiro atoms. The Kier molecular flexibility index (Phi) is 6.84. The maximum absolute atomic E-state index is 12.2. The van der Waals surface area contributed by atoms with E-state index < -0.39 is 29.6 Å². The Morgan fingerprint density at radius 2 is 1.88 bits per heavy atom. The van der Waals surface area contributed by atoms with Crippen molar-refractivity contribution in [2.24, 2.45) is 0 Å². The second-order valence-corrected chi connectivity index (χ2v) is 7.54. The lowest BCUT2D eigenvalue weighted by atomic mass is 10.2. The maximum atomic E-state index is 12.2. The van der Waals surface area contributed by atoms with Crippen LogP contribution in [0.2, 0.25) is 0 Å². The average Bonchev–Trinajstić information content (AvgIpc) is 2.81. The van der Waals surface area contributed by atoms with Gasteiger partial charge in [0, 0.05) is 0 Å². The minimum Gasteiger partial charge on any atom is -0.480 e. The molecule has 0 aliphatic carbocycles. The molecule has 26 heavy (non-hydrogen) atoms. The molecule has 0 aromatic heterocycles. The number of methoxy groups -OCH3 is 1. The molecule has 0 radical (unpaired) electrons. The molecule has 2 amide bonds. The summed E-state index contributed by atoms with van der Waals surface area (Å²) in [6, 6.07) is 3.26. The van der Waals surface area contributed by atoms with Crippen molar-refractivity contribution in [3.05, 3.63) is 31.5 Å². The van der Waals surface area contributed by atoms with Crippen LogP contribution in [0.5, 0.6) is 5.75 Å². The van der Waals surface area contributed by atoms with Gasteiger partial charge < -0.3 is 14.6 Å². The summed E-state index contributed by atoms with van der Waals surface area (Å²) in [5, 5.41) is 8.12. The number of rotatable bonds is 6. The van der Waals surface area contributed by atoms with Crippen molar-refractivity contribution >= 4 is 72.8 Å². The SMILES string of the molecule is COC(=O)COc1c(Br)cc(/C=C2/SC(=O)N(CC(=O)O)C2=O)cc1Br. The first-order valence-corrected chi connectivity index (χ1v) is 9.29. The Hall–Kier alpha value is -1.85. The zero-order valence-electron chi connectivity index (χ0n) is 13.2. The molecule has 1 N–H and O–H groups in total. The third-order valence-corrected chi connectivity index (χ3v) is 5.13. The number of esters is 1. The van der Waals surface area contributed by atoms with Crippen molar-refractivity contribution in [3.8, 4) is 5.75 Å². The standard InChI is InChI=1S/C15H11Br2NO7S/c1-24-12(21)6-25-13-8(16)2-7(3-9(13)17)4-10-14(22)18(5-11(19)20)15(23)26-10/h2-4H,5-6H2,1H3,(H,19,20)/b10-4+. The molecule has 0 unspecified atom stereocenters. The highest BCUT2D eigenvalue weighted by molar-refractivity contribution is 9.11. The number of benzene rings is 1. The second-order valence-electron chi connectivity index (χ2n) is 4.84. The van der Waals surface area contributed by atoms with Crippen LogP contribution in [0.15, 0.2) is 26.0 Å². The summed E-state index contributed by atoms with van der Waals surface area (Å²) in [4.78, 5) is 46.6. The van der Waals surface area contributed by atoms with E-state index >= 15 is 0 Å². The highest BCUT2D eigenvalue weighted by atomic mass is 79.9. The van der Waals surface area contributed by atoms with Crippen LogP contribution in [-0.4, -0.2) is 53.4 Å². The van der Waals surface area contributed by atoms with Crippen LogP contribution < -0.4 is 4.74 Å². The number of ether oxygens (including phenoxy) is 2. The van der Waals surface area contributed by atoms with Crippen molar-refractivity contribution in [1.82, 2.24) is 4.90 Å². The van der Waals surface area contributed by atoms with E-state index in [4.69, 9.17) is 9.84 Å². The lowest BCUT2D eigenvalue weighted by molar-refractivity contribution is -0.143. The molecule has 2 rings (SSSR count). The molecule has 8 nitrogen and oxygen atoms in total. The van der Waals surface area contributed by atoms with Crippen LogP contribution in [-0.2, 0) is 19.1 Å². The highest BCUT2D eigenvalue weighted by Gasteiger charge is 2.36. The molecule has 138 valence electrons.